The molecule has 0 radical (unpaired) electrons. The number of aryl methyl sites for hydroxylation is 1. The monoisotopic (exact) mass is 236 g/mol. The summed E-state index contributed by atoms with van der Waals surface area (Å²) in [5, 5.41) is 9.83. The van der Waals surface area contributed by atoms with E-state index in [1.54, 1.807) is 10.9 Å². The number of amides is 2. The van der Waals surface area contributed by atoms with Crippen molar-refractivity contribution in [1.82, 2.24) is 15.1 Å². The summed E-state index contributed by atoms with van der Waals surface area (Å²) >= 11 is 0. The number of urea groups is 1. The van der Waals surface area contributed by atoms with Gasteiger partial charge in [-0.15, -0.1) is 0 Å². The lowest BCUT2D eigenvalue weighted by Crippen LogP contribution is -2.30. The molecule has 5 nitrogen and oxygen atoms in total. The molecule has 0 saturated heterocycles. The number of aromatic nitrogens is 2. The summed E-state index contributed by atoms with van der Waals surface area (Å²) in [5.41, 5.74) is 2.55. The summed E-state index contributed by atoms with van der Waals surface area (Å²) < 4.78 is 1.70. The Morgan fingerprint density at radius 3 is 2.76 bits per heavy atom. The first-order valence-electron chi connectivity index (χ1n) is 5.63. The van der Waals surface area contributed by atoms with Crippen LogP contribution in [0.15, 0.2) is 18.3 Å². The van der Waals surface area contributed by atoms with Crippen LogP contribution in [0.25, 0.3) is 0 Å². The quantitative estimate of drug-likeness (QED) is 0.788. The number of hydrogen-bond donors (Lipinski definition) is 2. The highest BCUT2D eigenvalue weighted by molar-refractivity contribution is 5.89. The molecule has 0 fully saturated rings. The molecule has 0 bridgehead atoms. The topological polar surface area (TPSA) is 59.0 Å². The molecule has 0 atom stereocenters. The molecule has 2 N–H and O–H groups in total. The average Bonchev–Trinajstić information content (AvgIpc) is 2.56. The van der Waals surface area contributed by atoms with E-state index in [1.807, 2.05) is 27.8 Å². The summed E-state index contributed by atoms with van der Waals surface area (Å²) in [6, 6.07) is -0.233. The van der Waals surface area contributed by atoms with E-state index < -0.39 is 0 Å². The first-order valence-corrected chi connectivity index (χ1v) is 5.63. The van der Waals surface area contributed by atoms with Gasteiger partial charge in [0.25, 0.3) is 0 Å². The van der Waals surface area contributed by atoms with Crippen LogP contribution in [0.5, 0.6) is 0 Å². The molecule has 1 aromatic rings. The normalized spacial score (nSPS) is 10.4. The zero-order valence-corrected chi connectivity index (χ0v) is 10.9. The van der Waals surface area contributed by atoms with E-state index in [0.717, 1.165) is 17.0 Å². The Bertz CT molecular complexity index is 420. The van der Waals surface area contributed by atoms with Crippen molar-refractivity contribution in [3.05, 3.63) is 24.0 Å². The molecule has 0 aliphatic rings. The first-order chi connectivity index (χ1) is 7.90. The summed E-state index contributed by atoms with van der Waals surface area (Å²) in [6.07, 6.45) is 1.80. The highest BCUT2D eigenvalue weighted by Gasteiger charge is 2.13. The maximum atomic E-state index is 11.6. The van der Waals surface area contributed by atoms with Crippen molar-refractivity contribution in [2.24, 2.45) is 7.05 Å². The molecular weight excluding hydrogens is 216 g/mol. The largest absolute Gasteiger partial charge is 0.334 e. The van der Waals surface area contributed by atoms with Gasteiger partial charge in [-0.2, -0.15) is 5.10 Å². The lowest BCUT2D eigenvalue weighted by atomic mass is 10.1. The Kier molecular flexibility index (Phi) is 4.31. The van der Waals surface area contributed by atoms with E-state index in [-0.39, 0.29) is 11.9 Å². The van der Waals surface area contributed by atoms with Gasteiger partial charge in [0.2, 0.25) is 0 Å². The molecule has 0 saturated carbocycles. The summed E-state index contributed by atoms with van der Waals surface area (Å²) in [5.74, 6) is 0.271. The van der Waals surface area contributed by atoms with E-state index in [1.165, 1.54) is 0 Å². The van der Waals surface area contributed by atoms with Gasteiger partial charge in [0, 0.05) is 19.8 Å². The molecular formula is C12H20N4O. The number of rotatable bonds is 4. The van der Waals surface area contributed by atoms with Gasteiger partial charge in [0.05, 0.1) is 11.4 Å². The minimum Gasteiger partial charge on any atom is -0.334 e. The number of nitrogens with zero attached hydrogens (tertiary/aromatic N) is 2. The molecule has 5 heteroatoms. The van der Waals surface area contributed by atoms with Gasteiger partial charge in [0.1, 0.15) is 0 Å². The summed E-state index contributed by atoms with van der Waals surface area (Å²) in [7, 11) is 1.84. The number of carbonyl (C=O) groups is 1. The fourth-order valence-corrected chi connectivity index (χ4v) is 1.43. The second kappa shape index (κ2) is 5.52. The lowest BCUT2D eigenvalue weighted by Gasteiger charge is -2.08. The average molecular weight is 236 g/mol. The third kappa shape index (κ3) is 3.94. The first kappa shape index (κ1) is 13.3. The fraction of sp³-hybridized carbons (Fsp3) is 0.500. The van der Waals surface area contributed by atoms with Crippen LogP contribution in [0.2, 0.25) is 0 Å². The molecule has 0 aliphatic heterocycles. The van der Waals surface area contributed by atoms with Crippen LogP contribution in [0, 0.1) is 0 Å². The van der Waals surface area contributed by atoms with Crippen molar-refractivity contribution in [1.29, 1.82) is 0 Å². The Labute approximate surface area is 102 Å². The third-order valence-electron chi connectivity index (χ3n) is 2.20. The lowest BCUT2D eigenvalue weighted by molar-refractivity contribution is 0.253. The molecule has 94 valence electrons. The summed E-state index contributed by atoms with van der Waals surface area (Å²) in [6.45, 7) is 10.1. The highest BCUT2D eigenvalue weighted by Crippen LogP contribution is 2.21. The van der Waals surface area contributed by atoms with Gasteiger partial charge in [-0.1, -0.05) is 26.0 Å². The van der Waals surface area contributed by atoms with Crippen LogP contribution in [-0.2, 0) is 7.05 Å². The molecule has 1 aromatic heterocycles. The van der Waals surface area contributed by atoms with Gasteiger partial charge in [-0.3, -0.25) is 4.68 Å². The van der Waals surface area contributed by atoms with Gasteiger partial charge >= 0.3 is 6.03 Å². The Morgan fingerprint density at radius 2 is 2.24 bits per heavy atom. The van der Waals surface area contributed by atoms with Crippen molar-refractivity contribution in [3.8, 4) is 0 Å². The van der Waals surface area contributed by atoms with Crippen molar-refractivity contribution in [2.45, 2.75) is 26.7 Å². The van der Waals surface area contributed by atoms with Crippen LogP contribution < -0.4 is 10.6 Å². The third-order valence-corrected chi connectivity index (χ3v) is 2.20. The predicted octanol–water partition coefficient (Wildman–Crippen LogP) is 2.24. The van der Waals surface area contributed by atoms with Crippen molar-refractivity contribution >= 4 is 11.7 Å². The maximum Gasteiger partial charge on any atom is 0.319 e. The molecule has 1 rings (SSSR count). The van der Waals surface area contributed by atoms with Crippen LogP contribution in [0.1, 0.15) is 32.4 Å². The number of nitrogens with one attached hydrogen (secondary N) is 2. The van der Waals surface area contributed by atoms with Crippen LogP contribution in [-0.4, -0.2) is 22.4 Å². The van der Waals surface area contributed by atoms with Gasteiger partial charge in [0.15, 0.2) is 0 Å². The second-order valence-corrected chi connectivity index (χ2v) is 4.52. The van der Waals surface area contributed by atoms with Gasteiger partial charge < -0.3 is 10.6 Å². The number of anilines is 1. The van der Waals surface area contributed by atoms with Gasteiger partial charge in [-0.25, -0.2) is 4.79 Å². The standard InChI is InChI=1S/C12H20N4O/c1-8(2)6-13-12(17)14-10-7-16(5)15-11(10)9(3)4/h7,9H,1,6H2,2-5H3,(H2,13,14,17). The number of hydrogen-bond acceptors (Lipinski definition) is 2. The zero-order chi connectivity index (χ0) is 13.0. The fourth-order valence-electron chi connectivity index (χ4n) is 1.43. The van der Waals surface area contributed by atoms with Crippen LogP contribution in [0.4, 0.5) is 10.5 Å². The molecule has 17 heavy (non-hydrogen) atoms. The van der Waals surface area contributed by atoms with Crippen LogP contribution in [0.3, 0.4) is 0 Å². The van der Waals surface area contributed by atoms with Crippen molar-refractivity contribution in [2.75, 3.05) is 11.9 Å². The predicted molar refractivity (Wildman–Crippen MR) is 69.1 cm³/mol. The van der Waals surface area contributed by atoms with E-state index >= 15 is 0 Å². The molecule has 0 spiro atoms. The van der Waals surface area contributed by atoms with E-state index in [2.05, 4.69) is 22.3 Å². The van der Waals surface area contributed by atoms with E-state index in [0.29, 0.717) is 6.54 Å². The zero-order valence-electron chi connectivity index (χ0n) is 10.9. The van der Waals surface area contributed by atoms with Crippen LogP contribution >= 0.6 is 0 Å². The smallest absolute Gasteiger partial charge is 0.319 e. The minimum atomic E-state index is -0.233. The highest BCUT2D eigenvalue weighted by atomic mass is 16.2. The maximum absolute atomic E-state index is 11.6. The molecule has 0 aromatic carbocycles. The SMILES string of the molecule is C=C(C)CNC(=O)Nc1cn(C)nc1C(C)C. The number of carbonyl (C=O) groups excluding carboxylic acids is 1. The summed E-state index contributed by atoms with van der Waals surface area (Å²) in [4.78, 5) is 11.6. The Morgan fingerprint density at radius 1 is 1.59 bits per heavy atom. The van der Waals surface area contributed by atoms with Crippen molar-refractivity contribution < 1.29 is 4.79 Å². The van der Waals surface area contributed by atoms with Crippen molar-refractivity contribution in [3.63, 3.8) is 0 Å². The molecule has 0 unspecified atom stereocenters. The van der Waals surface area contributed by atoms with E-state index in [9.17, 15) is 4.79 Å². The molecule has 2 amide bonds. The Balaban J connectivity index is 2.67. The molecule has 0 aliphatic carbocycles. The Hall–Kier alpha value is -1.78. The van der Waals surface area contributed by atoms with E-state index in [4.69, 9.17) is 0 Å². The van der Waals surface area contributed by atoms with Gasteiger partial charge in [-0.05, 0) is 12.8 Å². The molecule has 1 heterocycles. The minimum absolute atomic E-state index is 0.233. The second-order valence-electron chi connectivity index (χ2n) is 4.52.